The van der Waals surface area contributed by atoms with Gasteiger partial charge in [-0.25, -0.2) is 9.07 Å². The maximum absolute atomic E-state index is 13.8. The summed E-state index contributed by atoms with van der Waals surface area (Å²) in [4.78, 5) is 6.44. The summed E-state index contributed by atoms with van der Waals surface area (Å²) in [7, 11) is 0. The smallest absolute Gasteiger partial charge is 0.209 e. The first kappa shape index (κ1) is 17.3. The average molecular weight is 388 g/mol. The van der Waals surface area contributed by atoms with Crippen molar-refractivity contribution in [1.82, 2.24) is 19.7 Å². The van der Waals surface area contributed by atoms with Crippen LogP contribution in [0.15, 0.2) is 48.8 Å². The summed E-state index contributed by atoms with van der Waals surface area (Å²) in [5.41, 5.74) is 1.62. The van der Waals surface area contributed by atoms with Gasteiger partial charge in [0, 0.05) is 25.0 Å². The SMILES string of the molecule is Fc1ccccc1Nc1nn(CN(Cc2ccncc2)C2CC2)c(=S)s1. The Balaban J connectivity index is 1.49. The van der Waals surface area contributed by atoms with E-state index >= 15 is 0 Å². The van der Waals surface area contributed by atoms with Gasteiger partial charge in [-0.05, 0) is 54.9 Å². The van der Waals surface area contributed by atoms with Gasteiger partial charge in [-0.2, -0.15) is 0 Å². The van der Waals surface area contributed by atoms with Crippen LogP contribution in [-0.4, -0.2) is 25.7 Å². The highest BCUT2D eigenvalue weighted by Gasteiger charge is 2.29. The Bertz CT molecular complexity index is 936. The molecule has 4 rings (SSSR count). The topological polar surface area (TPSA) is 46.0 Å². The third kappa shape index (κ3) is 4.14. The summed E-state index contributed by atoms with van der Waals surface area (Å²) in [6.45, 7) is 1.46. The third-order valence-corrected chi connectivity index (χ3v) is 5.46. The van der Waals surface area contributed by atoms with E-state index in [-0.39, 0.29) is 5.82 Å². The van der Waals surface area contributed by atoms with Crippen molar-refractivity contribution in [1.29, 1.82) is 0 Å². The van der Waals surface area contributed by atoms with Gasteiger partial charge in [0.25, 0.3) is 0 Å². The number of nitrogens with one attached hydrogen (secondary N) is 1. The van der Waals surface area contributed by atoms with E-state index in [1.165, 1.54) is 35.8 Å². The number of hydrogen-bond acceptors (Lipinski definition) is 6. The number of pyridine rings is 1. The first-order chi connectivity index (χ1) is 12.7. The first-order valence-electron chi connectivity index (χ1n) is 8.41. The number of anilines is 2. The zero-order valence-electron chi connectivity index (χ0n) is 14.0. The maximum Gasteiger partial charge on any atom is 0.209 e. The molecule has 0 saturated heterocycles. The molecule has 3 aromatic rings. The fraction of sp³-hybridized carbons (Fsp3) is 0.278. The summed E-state index contributed by atoms with van der Waals surface area (Å²) < 4.78 is 16.3. The molecule has 8 heteroatoms. The van der Waals surface area contributed by atoms with Crippen LogP contribution >= 0.6 is 23.6 Å². The van der Waals surface area contributed by atoms with E-state index < -0.39 is 0 Å². The van der Waals surface area contributed by atoms with Crippen LogP contribution in [0.2, 0.25) is 0 Å². The van der Waals surface area contributed by atoms with Crippen molar-refractivity contribution >= 4 is 34.4 Å². The number of hydrogen-bond donors (Lipinski definition) is 1. The Hall–Kier alpha value is -2.16. The molecule has 1 aliphatic rings. The van der Waals surface area contributed by atoms with Crippen molar-refractivity contribution in [2.45, 2.75) is 32.1 Å². The highest BCUT2D eigenvalue weighted by Crippen LogP contribution is 2.29. The highest BCUT2D eigenvalue weighted by atomic mass is 32.1. The lowest BCUT2D eigenvalue weighted by atomic mass is 10.2. The van der Waals surface area contributed by atoms with Gasteiger partial charge < -0.3 is 5.32 Å². The van der Waals surface area contributed by atoms with Gasteiger partial charge in [-0.3, -0.25) is 9.88 Å². The molecule has 2 heterocycles. The largest absolute Gasteiger partial charge is 0.328 e. The molecule has 0 bridgehead atoms. The van der Waals surface area contributed by atoms with Crippen molar-refractivity contribution in [2.75, 3.05) is 5.32 Å². The van der Waals surface area contributed by atoms with Crippen LogP contribution in [0, 0.1) is 9.77 Å². The zero-order chi connectivity index (χ0) is 17.9. The molecule has 1 fully saturated rings. The molecule has 2 aromatic heterocycles. The summed E-state index contributed by atoms with van der Waals surface area (Å²) >= 11 is 6.81. The number of rotatable bonds is 7. The lowest BCUT2D eigenvalue weighted by Crippen LogP contribution is -2.28. The third-order valence-electron chi connectivity index (χ3n) is 4.24. The summed E-state index contributed by atoms with van der Waals surface area (Å²) in [6.07, 6.45) is 6.02. The molecular weight excluding hydrogens is 369 g/mol. The van der Waals surface area contributed by atoms with Crippen molar-refractivity contribution in [3.63, 3.8) is 0 Å². The second-order valence-electron chi connectivity index (χ2n) is 6.25. The first-order valence-corrected chi connectivity index (χ1v) is 9.64. The summed E-state index contributed by atoms with van der Waals surface area (Å²) in [6, 6.07) is 11.2. The normalized spacial score (nSPS) is 13.9. The Morgan fingerprint density at radius 3 is 2.73 bits per heavy atom. The zero-order valence-corrected chi connectivity index (χ0v) is 15.6. The average Bonchev–Trinajstić information content (AvgIpc) is 3.43. The maximum atomic E-state index is 13.8. The van der Waals surface area contributed by atoms with Crippen LogP contribution in [0.3, 0.4) is 0 Å². The van der Waals surface area contributed by atoms with Crippen molar-refractivity contribution in [2.24, 2.45) is 0 Å². The molecule has 5 nitrogen and oxygen atoms in total. The van der Waals surface area contributed by atoms with Crippen molar-refractivity contribution in [3.8, 4) is 0 Å². The molecule has 0 atom stereocenters. The molecule has 1 saturated carbocycles. The summed E-state index contributed by atoms with van der Waals surface area (Å²) in [5, 5.41) is 8.15. The predicted molar refractivity (Wildman–Crippen MR) is 103 cm³/mol. The highest BCUT2D eigenvalue weighted by molar-refractivity contribution is 7.73. The van der Waals surface area contributed by atoms with E-state index in [1.54, 1.807) is 18.2 Å². The minimum atomic E-state index is -0.308. The lowest BCUT2D eigenvalue weighted by Gasteiger charge is -2.21. The molecule has 26 heavy (non-hydrogen) atoms. The van der Waals surface area contributed by atoms with Gasteiger partial charge in [-0.1, -0.05) is 23.5 Å². The van der Waals surface area contributed by atoms with Gasteiger partial charge in [0.2, 0.25) is 5.13 Å². The number of benzene rings is 1. The van der Waals surface area contributed by atoms with Gasteiger partial charge in [0.05, 0.1) is 12.4 Å². The molecule has 1 aliphatic carbocycles. The van der Waals surface area contributed by atoms with Crippen LogP contribution < -0.4 is 5.32 Å². The Labute approximate surface area is 160 Å². The molecular formula is C18H18FN5S2. The van der Waals surface area contributed by atoms with Gasteiger partial charge in [0.1, 0.15) is 5.82 Å². The molecule has 0 amide bonds. The van der Waals surface area contributed by atoms with Gasteiger partial charge >= 0.3 is 0 Å². The fourth-order valence-corrected chi connectivity index (χ4v) is 3.76. The monoisotopic (exact) mass is 387 g/mol. The predicted octanol–water partition coefficient (Wildman–Crippen LogP) is 4.57. The van der Waals surface area contributed by atoms with Gasteiger partial charge in [-0.15, -0.1) is 5.10 Å². The molecule has 0 unspecified atom stereocenters. The Morgan fingerprint density at radius 2 is 2.00 bits per heavy atom. The number of halogens is 1. The number of aromatic nitrogens is 3. The van der Waals surface area contributed by atoms with Crippen molar-refractivity contribution < 1.29 is 4.39 Å². The van der Waals surface area contributed by atoms with Crippen LogP contribution in [-0.2, 0) is 13.2 Å². The minimum Gasteiger partial charge on any atom is -0.328 e. The second kappa shape index (κ2) is 7.61. The molecule has 0 aliphatic heterocycles. The Morgan fingerprint density at radius 1 is 1.23 bits per heavy atom. The van der Waals surface area contributed by atoms with Gasteiger partial charge in [0.15, 0.2) is 3.95 Å². The Kier molecular flexibility index (Phi) is 5.05. The molecule has 0 radical (unpaired) electrons. The van der Waals surface area contributed by atoms with E-state index in [9.17, 15) is 4.39 Å². The quantitative estimate of drug-likeness (QED) is 0.602. The fourth-order valence-electron chi connectivity index (χ4n) is 2.75. The van der Waals surface area contributed by atoms with Crippen molar-refractivity contribution in [3.05, 3.63) is 64.1 Å². The van der Waals surface area contributed by atoms with Crippen LogP contribution in [0.4, 0.5) is 15.2 Å². The number of nitrogens with zero attached hydrogens (tertiary/aromatic N) is 4. The van der Waals surface area contributed by atoms with E-state index in [0.717, 1.165) is 6.54 Å². The standard InChI is InChI=1S/C18H18FN5S2/c19-15-3-1-2-4-16(15)21-17-22-24(18(25)26-17)12-23(14-5-6-14)11-13-7-9-20-10-8-13/h1-4,7-10,14H,5-6,11-12H2,(H,21,22). The molecule has 1 aromatic carbocycles. The van der Waals surface area contributed by atoms with E-state index in [4.69, 9.17) is 12.2 Å². The van der Waals surface area contributed by atoms with Crippen LogP contribution in [0.1, 0.15) is 18.4 Å². The van der Waals surface area contributed by atoms with E-state index in [0.29, 0.717) is 27.5 Å². The van der Waals surface area contributed by atoms with E-state index in [2.05, 4.69) is 20.3 Å². The van der Waals surface area contributed by atoms with Crippen LogP contribution in [0.5, 0.6) is 0 Å². The summed E-state index contributed by atoms with van der Waals surface area (Å²) in [5.74, 6) is -0.308. The molecule has 1 N–H and O–H groups in total. The molecule has 134 valence electrons. The second-order valence-corrected chi connectivity index (χ2v) is 7.88. The number of para-hydroxylation sites is 1. The minimum absolute atomic E-state index is 0.308. The van der Waals surface area contributed by atoms with E-state index in [1.807, 2.05) is 29.2 Å². The lowest BCUT2D eigenvalue weighted by molar-refractivity contribution is 0.187. The van der Waals surface area contributed by atoms with Crippen LogP contribution in [0.25, 0.3) is 0 Å². The molecule has 0 spiro atoms.